The van der Waals surface area contributed by atoms with E-state index in [0.29, 0.717) is 18.5 Å². The molecule has 1 heterocycles. The predicted molar refractivity (Wildman–Crippen MR) is 52.7 cm³/mol. The summed E-state index contributed by atoms with van der Waals surface area (Å²) < 4.78 is 12.9. The first-order valence-corrected chi connectivity index (χ1v) is 4.41. The molecule has 0 aliphatic heterocycles. The van der Waals surface area contributed by atoms with Crippen molar-refractivity contribution in [1.82, 2.24) is 4.98 Å². The highest BCUT2D eigenvalue weighted by Gasteiger charge is 2.07. The number of phenols is 1. The summed E-state index contributed by atoms with van der Waals surface area (Å²) in [5.74, 6) is -0.936. The SMILES string of the molecule is NCCc1c[nH]c2cc(F)c(O)cc12. The van der Waals surface area contributed by atoms with Gasteiger partial charge in [0.1, 0.15) is 0 Å². The summed E-state index contributed by atoms with van der Waals surface area (Å²) in [6.45, 7) is 0.533. The van der Waals surface area contributed by atoms with E-state index in [0.717, 1.165) is 10.9 Å². The van der Waals surface area contributed by atoms with Gasteiger partial charge in [0.05, 0.1) is 0 Å². The Labute approximate surface area is 80.4 Å². The Bertz CT molecular complexity index is 464. The number of rotatable bonds is 2. The number of phenolic OH excluding ortho intramolecular Hbond substituents is 1. The lowest BCUT2D eigenvalue weighted by Crippen LogP contribution is -2.01. The minimum atomic E-state index is -0.612. The Balaban J connectivity index is 2.61. The molecule has 0 aliphatic carbocycles. The molecule has 2 rings (SSSR count). The van der Waals surface area contributed by atoms with Crippen molar-refractivity contribution in [2.75, 3.05) is 6.54 Å². The standard InChI is InChI=1S/C10H11FN2O/c11-8-4-9-7(3-10(8)14)6(1-2-12)5-13-9/h3-5,13-14H,1-2,12H2. The smallest absolute Gasteiger partial charge is 0.166 e. The highest BCUT2D eigenvalue weighted by molar-refractivity contribution is 5.84. The molecule has 0 saturated carbocycles. The molecule has 3 nitrogen and oxygen atoms in total. The summed E-state index contributed by atoms with van der Waals surface area (Å²) in [5, 5.41) is 10.0. The van der Waals surface area contributed by atoms with Gasteiger partial charge in [-0.25, -0.2) is 4.39 Å². The Morgan fingerprint density at radius 1 is 1.43 bits per heavy atom. The quantitative estimate of drug-likeness (QED) is 0.678. The Morgan fingerprint density at radius 2 is 2.21 bits per heavy atom. The molecule has 74 valence electrons. The van der Waals surface area contributed by atoms with Crippen LogP contribution < -0.4 is 5.73 Å². The van der Waals surface area contributed by atoms with Gasteiger partial charge in [-0.05, 0) is 24.6 Å². The normalized spacial score (nSPS) is 11.0. The van der Waals surface area contributed by atoms with Gasteiger partial charge in [0.2, 0.25) is 0 Å². The number of aromatic hydroxyl groups is 1. The van der Waals surface area contributed by atoms with Crippen LogP contribution in [0.25, 0.3) is 10.9 Å². The number of aromatic amines is 1. The fraction of sp³-hybridized carbons (Fsp3) is 0.200. The Morgan fingerprint density at radius 3 is 2.93 bits per heavy atom. The fourth-order valence-corrected chi connectivity index (χ4v) is 1.55. The second-order valence-corrected chi connectivity index (χ2v) is 3.20. The minimum absolute atomic E-state index is 0.324. The molecule has 0 unspecified atom stereocenters. The second kappa shape index (κ2) is 3.31. The summed E-state index contributed by atoms with van der Waals surface area (Å²) in [7, 11) is 0. The average molecular weight is 194 g/mol. The van der Waals surface area contributed by atoms with Crippen LogP contribution in [0.3, 0.4) is 0 Å². The molecule has 14 heavy (non-hydrogen) atoms. The lowest BCUT2D eigenvalue weighted by atomic mass is 10.1. The largest absolute Gasteiger partial charge is 0.505 e. The molecule has 4 N–H and O–H groups in total. The van der Waals surface area contributed by atoms with Gasteiger partial charge in [-0.15, -0.1) is 0 Å². The molecule has 0 aliphatic rings. The van der Waals surface area contributed by atoms with Gasteiger partial charge in [-0.2, -0.15) is 0 Å². The van der Waals surface area contributed by atoms with Crippen LogP contribution in [0, 0.1) is 5.82 Å². The first-order chi connectivity index (χ1) is 6.72. The van der Waals surface area contributed by atoms with E-state index in [-0.39, 0.29) is 5.75 Å². The van der Waals surface area contributed by atoms with Crippen molar-refractivity contribution >= 4 is 10.9 Å². The highest BCUT2D eigenvalue weighted by atomic mass is 19.1. The summed E-state index contributed by atoms with van der Waals surface area (Å²) in [6, 6.07) is 2.71. The maximum Gasteiger partial charge on any atom is 0.166 e. The highest BCUT2D eigenvalue weighted by Crippen LogP contribution is 2.25. The molecule has 1 aromatic heterocycles. The van der Waals surface area contributed by atoms with Crippen molar-refractivity contribution in [3.63, 3.8) is 0 Å². The Kier molecular flexibility index (Phi) is 2.13. The third-order valence-electron chi connectivity index (χ3n) is 2.25. The van der Waals surface area contributed by atoms with Crippen LogP contribution in [-0.2, 0) is 6.42 Å². The molecule has 4 heteroatoms. The van der Waals surface area contributed by atoms with Crippen LogP contribution in [-0.4, -0.2) is 16.6 Å². The maximum atomic E-state index is 12.9. The van der Waals surface area contributed by atoms with E-state index < -0.39 is 5.82 Å². The summed E-state index contributed by atoms with van der Waals surface area (Å²) >= 11 is 0. The minimum Gasteiger partial charge on any atom is -0.505 e. The lowest BCUT2D eigenvalue weighted by Gasteiger charge is -1.98. The van der Waals surface area contributed by atoms with E-state index in [2.05, 4.69) is 4.98 Å². The molecule has 1 aromatic carbocycles. The van der Waals surface area contributed by atoms with E-state index >= 15 is 0 Å². The summed E-state index contributed by atoms with van der Waals surface area (Å²) in [5.41, 5.74) is 7.11. The van der Waals surface area contributed by atoms with Crippen LogP contribution in [0.5, 0.6) is 5.75 Å². The number of hydrogen-bond acceptors (Lipinski definition) is 2. The number of aromatic nitrogens is 1. The molecule has 0 saturated heterocycles. The zero-order valence-electron chi connectivity index (χ0n) is 7.55. The number of nitrogens with two attached hydrogens (primary N) is 1. The van der Waals surface area contributed by atoms with Crippen LogP contribution in [0.4, 0.5) is 4.39 Å². The number of hydrogen-bond donors (Lipinski definition) is 3. The van der Waals surface area contributed by atoms with E-state index in [1.165, 1.54) is 12.1 Å². The number of fused-ring (bicyclic) bond motifs is 1. The van der Waals surface area contributed by atoms with Gasteiger partial charge < -0.3 is 15.8 Å². The monoisotopic (exact) mass is 194 g/mol. The third kappa shape index (κ3) is 1.33. The van der Waals surface area contributed by atoms with E-state index in [1.54, 1.807) is 6.20 Å². The Hall–Kier alpha value is -1.55. The first kappa shape index (κ1) is 9.02. The van der Waals surface area contributed by atoms with Crippen molar-refractivity contribution in [3.8, 4) is 5.75 Å². The van der Waals surface area contributed by atoms with Crippen molar-refractivity contribution in [2.24, 2.45) is 5.73 Å². The van der Waals surface area contributed by atoms with Crippen LogP contribution in [0.2, 0.25) is 0 Å². The predicted octanol–water partition coefficient (Wildman–Crippen LogP) is 1.51. The van der Waals surface area contributed by atoms with Crippen molar-refractivity contribution in [3.05, 3.63) is 29.7 Å². The van der Waals surface area contributed by atoms with E-state index in [1.807, 2.05) is 0 Å². The number of H-pyrrole nitrogens is 1. The molecule has 0 bridgehead atoms. The van der Waals surface area contributed by atoms with E-state index in [4.69, 9.17) is 5.73 Å². The zero-order chi connectivity index (χ0) is 10.1. The van der Waals surface area contributed by atoms with Gasteiger partial charge >= 0.3 is 0 Å². The van der Waals surface area contributed by atoms with Gasteiger partial charge in [-0.1, -0.05) is 0 Å². The third-order valence-corrected chi connectivity index (χ3v) is 2.25. The fourth-order valence-electron chi connectivity index (χ4n) is 1.55. The molecular weight excluding hydrogens is 183 g/mol. The first-order valence-electron chi connectivity index (χ1n) is 4.41. The molecule has 0 fully saturated rings. The number of nitrogens with one attached hydrogen (secondary N) is 1. The molecule has 0 amide bonds. The van der Waals surface area contributed by atoms with Crippen LogP contribution in [0.1, 0.15) is 5.56 Å². The van der Waals surface area contributed by atoms with Gasteiger partial charge in [0.15, 0.2) is 11.6 Å². The molecule has 0 atom stereocenters. The molecule has 0 spiro atoms. The van der Waals surface area contributed by atoms with Gasteiger partial charge in [-0.3, -0.25) is 0 Å². The number of benzene rings is 1. The lowest BCUT2D eigenvalue weighted by molar-refractivity contribution is 0.433. The maximum absolute atomic E-state index is 12.9. The van der Waals surface area contributed by atoms with Crippen LogP contribution in [0.15, 0.2) is 18.3 Å². The zero-order valence-corrected chi connectivity index (χ0v) is 7.55. The average Bonchev–Trinajstić information content (AvgIpc) is 2.51. The molecular formula is C10H11FN2O. The number of halogens is 1. The van der Waals surface area contributed by atoms with E-state index in [9.17, 15) is 9.50 Å². The summed E-state index contributed by atoms with van der Waals surface area (Å²) in [6.07, 6.45) is 2.50. The van der Waals surface area contributed by atoms with Crippen LogP contribution >= 0.6 is 0 Å². The van der Waals surface area contributed by atoms with Crippen molar-refractivity contribution < 1.29 is 9.50 Å². The summed E-state index contributed by atoms with van der Waals surface area (Å²) in [4.78, 5) is 2.93. The molecule has 0 radical (unpaired) electrons. The second-order valence-electron chi connectivity index (χ2n) is 3.20. The van der Waals surface area contributed by atoms with Gasteiger partial charge in [0, 0.05) is 23.2 Å². The van der Waals surface area contributed by atoms with Crippen molar-refractivity contribution in [1.29, 1.82) is 0 Å². The van der Waals surface area contributed by atoms with Crippen molar-refractivity contribution in [2.45, 2.75) is 6.42 Å². The topological polar surface area (TPSA) is 62.0 Å². The molecule has 2 aromatic rings. The van der Waals surface area contributed by atoms with Gasteiger partial charge in [0.25, 0.3) is 0 Å².